The van der Waals surface area contributed by atoms with Gasteiger partial charge in [-0.1, -0.05) is 24.3 Å². The maximum absolute atomic E-state index is 11.1. The smallest absolute Gasteiger partial charge is 0.273 e. The molecule has 0 saturated carbocycles. The molecule has 1 saturated heterocycles. The summed E-state index contributed by atoms with van der Waals surface area (Å²) in [7, 11) is 0. The lowest BCUT2D eigenvalue weighted by Crippen LogP contribution is -2.42. The number of benzene rings is 1. The molecule has 3 rings (SSSR count). The fourth-order valence-corrected chi connectivity index (χ4v) is 3.11. The van der Waals surface area contributed by atoms with Crippen molar-refractivity contribution in [3.8, 4) is 0 Å². The third-order valence-corrected chi connectivity index (χ3v) is 4.47. The molecule has 6 nitrogen and oxygen atoms in total. The highest BCUT2D eigenvalue weighted by Crippen LogP contribution is 2.19. The van der Waals surface area contributed by atoms with E-state index in [0.29, 0.717) is 12.6 Å². The second-order valence-electron chi connectivity index (χ2n) is 6.14. The summed E-state index contributed by atoms with van der Waals surface area (Å²) in [5.41, 5.74) is 2.04. The Balaban J connectivity index is 1.47. The van der Waals surface area contributed by atoms with Crippen molar-refractivity contribution in [1.29, 1.82) is 0 Å². The Bertz CT molecular complexity index is 670. The third-order valence-electron chi connectivity index (χ3n) is 4.47. The second-order valence-corrected chi connectivity index (χ2v) is 6.14. The van der Waals surface area contributed by atoms with Crippen molar-refractivity contribution in [3.63, 3.8) is 0 Å². The van der Waals surface area contributed by atoms with Crippen LogP contribution in [0.25, 0.3) is 0 Å². The molecule has 0 atom stereocenters. The van der Waals surface area contributed by atoms with E-state index in [1.165, 1.54) is 0 Å². The maximum Gasteiger partial charge on any atom is 0.273 e. The van der Waals surface area contributed by atoms with Crippen LogP contribution in [0.5, 0.6) is 0 Å². The molecule has 0 amide bonds. The Morgan fingerprint density at radius 3 is 2.62 bits per heavy atom. The van der Waals surface area contributed by atoms with Gasteiger partial charge in [-0.3, -0.25) is 20.0 Å². The molecule has 1 aromatic heterocycles. The van der Waals surface area contributed by atoms with Gasteiger partial charge in [0.1, 0.15) is 0 Å². The van der Waals surface area contributed by atoms with Gasteiger partial charge in [-0.25, -0.2) is 0 Å². The van der Waals surface area contributed by atoms with Crippen LogP contribution in [0.2, 0.25) is 0 Å². The number of para-hydroxylation sites is 1. The average molecular weight is 326 g/mol. The molecule has 1 N–H and O–H groups in total. The van der Waals surface area contributed by atoms with Gasteiger partial charge in [0.25, 0.3) is 5.69 Å². The summed E-state index contributed by atoms with van der Waals surface area (Å²) in [6.07, 6.45) is 3.93. The first-order chi connectivity index (χ1) is 11.7. The maximum atomic E-state index is 11.1. The van der Waals surface area contributed by atoms with Crippen LogP contribution in [0.1, 0.15) is 24.1 Å². The summed E-state index contributed by atoms with van der Waals surface area (Å²) in [6, 6.07) is 13.3. The largest absolute Gasteiger partial charge is 0.310 e. The van der Waals surface area contributed by atoms with Crippen LogP contribution in [-0.4, -0.2) is 33.9 Å². The van der Waals surface area contributed by atoms with Gasteiger partial charge in [0.05, 0.1) is 10.6 Å². The molecule has 1 aliphatic rings. The van der Waals surface area contributed by atoms with Gasteiger partial charge >= 0.3 is 0 Å². The van der Waals surface area contributed by atoms with Crippen molar-refractivity contribution in [2.24, 2.45) is 0 Å². The van der Waals surface area contributed by atoms with E-state index in [1.807, 2.05) is 30.5 Å². The van der Waals surface area contributed by atoms with Gasteiger partial charge in [0.15, 0.2) is 0 Å². The molecular formula is C18H22N4O2. The Labute approximate surface area is 141 Å². The molecule has 0 bridgehead atoms. The van der Waals surface area contributed by atoms with Crippen molar-refractivity contribution >= 4 is 5.69 Å². The monoisotopic (exact) mass is 326 g/mol. The van der Waals surface area contributed by atoms with Crippen LogP contribution in [0.4, 0.5) is 5.69 Å². The molecule has 0 spiro atoms. The van der Waals surface area contributed by atoms with E-state index in [1.54, 1.807) is 12.1 Å². The predicted molar refractivity (Wildman–Crippen MR) is 92.5 cm³/mol. The van der Waals surface area contributed by atoms with Crippen LogP contribution in [0.3, 0.4) is 0 Å². The summed E-state index contributed by atoms with van der Waals surface area (Å²) in [4.78, 5) is 17.5. The Morgan fingerprint density at radius 1 is 1.17 bits per heavy atom. The highest BCUT2D eigenvalue weighted by Gasteiger charge is 2.20. The van der Waals surface area contributed by atoms with Crippen LogP contribution >= 0.6 is 0 Å². The van der Waals surface area contributed by atoms with E-state index in [2.05, 4.69) is 21.3 Å². The third kappa shape index (κ3) is 4.37. The first kappa shape index (κ1) is 16.5. The minimum absolute atomic E-state index is 0.192. The zero-order valence-electron chi connectivity index (χ0n) is 13.6. The van der Waals surface area contributed by atoms with E-state index < -0.39 is 0 Å². The molecule has 1 aromatic carbocycles. The molecule has 2 aromatic rings. The lowest BCUT2D eigenvalue weighted by Gasteiger charge is -2.32. The predicted octanol–water partition coefficient (Wildman–Crippen LogP) is 2.74. The van der Waals surface area contributed by atoms with E-state index in [4.69, 9.17) is 0 Å². The van der Waals surface area contributed by atoms with Crippen LogP contribution in [-0.2, 0) is 13.1 Å². The summed E-state index contributed by atoms with van der Waals surface area (Å²) in [5.74, 6) is 0. The van der Waals surface area contributed by atoms with Gasteiger partial charge in [0.2, 0.25) is 0 Å². The number of piperidine rings is 1. The number of nitrogens with zero attached hydrogens (tertiary/aromatic N) is 3. The number of hydrogen-bond donors (Lipinski definition) is 1. The molecule has 2 heterocycles. The zero-order chi connectivity index (χ0) is 16.8. The SMILES string of the molecule is O=[N+]([O-])c1ccccc1CNC1CCN(Cc2ccccn2)CC1. The van der Waals surface area contributed by atoms with Gasteiger partial charge in [0, 0.05) is 50.0 Å². The molecule has 0 aliphatic carbocycles. The minimum Gasteiger partial charge on any atom is -0.310 e. The average Bonchev–Trinajstić information content (AvgIpc) is 2.62. The van der Waals surface area contributed by atoms with Crippen molar-refractivity contribution in [2.75, 3.05) is 13.1 Å². The molecular weight excluding hydrogens is 304 g/mol. The molecule has 0 radical (unpaired) electrons. The summed E-state index contributed by atoms with van der Waals surface area (Å²) in [6.45, 7) is 3.47. The molecule has 24 heavy (non-hydrogen) atoms. The fourth-order valence-electron chi connectivity index (χ4n) is 3.11. The number of nitro benzene ring substituents is 1. The molecule has 6 heteroatoms. The Morgan fingerprint density at radius 2 is 1.92 bits per heavy atom. The first-order valence-corrected chi connectivity index (χ1v) is 8.30. The highest BCUT2D eigenvalue weighted by molar-refractivity contribution is 5.39. The number of rotatable bonds is 6. The number of likely N-dealkylation sites (tertiary alicyclic amines) is 1. The quantitative estimate of drug-likeness (QED) is 0.653. The van der Waals surface area contributed by atoms with E-state index in [9.17, 15) is 10.1 Å². The molecule has 0 unspecified atom stereocenters. The summed E-state index contributed by atoms with van der Waals surface area (Å²) in [5, 5.41) is 14.5. The Kier molecular flexibility index (Phi) is 5.51. The van der Waals surface area contributed by atoms with Crippen molar-refractivity contribution in [2.45, 2.75) is 32.0 Å². The van der Waals surface area contributed by atoms with Crippen molar-refractivity contribution in [1.82, 2.24) is 15.2 Å². The van der Waals surface area contributed by atoms with Gasteiger partial charge < -0.3 is 5.32 Å². The summed E-state index contributed by atoms with van der Waals surface area (Å²) < 4.78 is 0. The standard InChI is InChI=1S/C18H22N4O2/c23-22(24)18-7-2-1-5-15(18)13-20-16-8-11-21(12-9-16)14-17-6-3-4-10-19-17/h1-7,10,16,20H,8-9,11-14H2. The van der Waals surface area contributed by atoms with Gasteiger partial charge in [-0.15, -0.1) is 0 Å². The zero-order valence-corrected chi connectivity index (χ0v) is 13.6. The fraction of sp³-hybridized carbons (Fsp3) is 0.389. The van der Waals surface area contributed by atoms with Crippen LogP contribution in [0, 0.1) is 10.1 Å². The summed E-state index contributed by atoms with van der Waals surface area (Å²) >= 11 is 0. The molecule has 1 fully saturated rings. The minimum atomic E-state index is -0.313. The second kappa shape index (κ2) is 7.99. The number of hydrogen-bond acceptors (Lipinski definition) is 5. The van der Waals surface area contributed by atoms with E-state index >= 15 is 0 Å². The van der Waals surface area contributed by atoms with Crippen molar-refractivity contribution < 1.29 is 4.92 Å². The molecule has 1 aliphatic heterocycles. The van der Waals surface area contributed by atoms with Crippen LogP contribution in [0.15, 0.2) is 48.7 Å². The van der Waals surface area contributed by atoms with E-state index in [-0.39, 0.29) is 10.6 Å². The lowest BCUT2D eigenvalue weighted by atomic mass is 10.0. The van der Waals surface area contributed by atoms with Gasteiger partial charge in [-0.2, -0.15) is 0 Å². The Hall–Kier alpha value is -2.31. The normalized spacial score (nSPS) is 16.2. The first-order valence-electron chi connectivity index (χ1n) is 8.30. The van der Waals surface area contributed by atoms with E-state index in [0.717, 1.165) is 43.7 Å². The molecule has 126 valence electrons. The number of pyridine rings is 1. The number of nitrogens with one attached hydrogen (secondary N) is 1. The van der Waals surface area contributed by atoms with Crippen molar-refractivity contribution in [3.05, 3.63) is 70.0 Å². The van der Waals surface area contributed by atoms with Crippen LogP contribution < -0.4 is 5.32 Å². The number of nitro groups is 1. The van der Waals surface area contributed by atoms with Gasteiger partial charge in [-0.05, 0) is 25.0 Å². The highest BCUT2D eigenvalue weighted by atomic mass is 16.6. The topological polar surface area (TPSA) is 71.3 Å². The lowest BCUT2D eigenvalue weighted by molar-refractivity contribution is -0.385. The number of aromatic nitrogens is 1.